The molecular weight excluding hydrogens is 399 g/mol. The minimum absolute atomic E-state index is 0.213. The molecule has 1 aromatic carbocycles. The van der Waals surface area contributed by atoms with E-state index in [0.29, 0.717) is 37.4 Å². The van der Waals surface area contributed by atoms with Gasteiger partial charge in [-0.2, -0.15) is 13.2 Å². The molecule has 2 aromatic heterocycles. The molecule has 7 nitrogen and oxygen atoms in total. The van der Waals surface area contributed by atoms with Crippen molar-refractivity contribution in [1.82, 2.24) is 19.4 Å². The minimum atomic E-state index is -4.58. The van der Waals surface area contributed by atoms with Crippen LogP contribution in [0.2, 0.25) is 0 Å². The van der Waals surface area contributed by atoms with Gasteiger partial charge in [0.15, 0.2) is 5.65 Å². The summed E-state index contributed by atoms with van der Waals surface area (Å²) in [6, 6.07) is 9.27. The first-order valence-corrected chi connectivity index (χ1v) is 9.47. The molecule has 1 N–H and O–H groups in total. The number of alkyl halides is 3. The van der Waals surface area contributed by atoms with E-state index < -0.39 is 18.0 Å². The van der Waals surface area contributed by atoms with Crippen LogP contribution in [0, 0.1) is 0 Å². The molecule has 0 bridgehead atoms. The Hall–Kier alpha value is -3.30. The standard InChI is InChI=1S/C20H20F3N5O2/c1-30-15-6-4-13(5-7-15)25-19(29)27-11-8-14(9-12-27)28-17-16(3-2-10-24-17)26-18(28)20(21,22)23/h2-7,10,14H,8-9,11-12H2,1H3,(H,25,29). The number of piperidine rings is 1. The van der Waals surface area contributed by atoms with Gasteiger partial charge in [-0.1, -0.05) is 0 Å². The van der Waals surface area contributed by atoms with Gasteiger partial charge in [0, 0.05) is 31.0 Å². The molecule has 3 heterocycles. The number of rotatable bonds is 3. The van der Waals surface area contributed by atoms with Crippen LogP contribution in [-0.4, -0.2) is 45.7 Å². The number of amides is 2. The van der Waals surface area contributed by atoms with Gasteiger partial charge in [0.1, 0.15) is 11.3 Å². The van der Waals surface area contributed by atoms with E-state index in [4.69, 9.17) is 4.74 Å². The quantitative estimate of drug-likeness (QED) is 0.686. The number of halogens is 3. The van der Waals surface area contributed by atoms with Gasteiger partial charge in [-0.05, 0) is 49.2 Å². The number of ether oxygens (including phenoxy) is 1. The van der Waals surface area contributed by atoms with Gasteiger partial charge in [0.2, 0.25) is 5.82 Å². The zero-order chi connectivity index (χ0) is 21.3. The Balaban J connectivity index is 1.47. The number of aromatic nitrogens is 3. The number of carbonyl (C=O) groups excluding carboxylic acids is 1. The zero-order valence-corrected chi connectivity index (χ0v) is 16.2. The Morgan fingerprint density at radius 1 is 1.17 bits per heavy atom. The number of pyridine rings is 1. The summed E-state index contributed by atoms with van der Waals surface area (Å²) >= 11 is 0. The van der Waals surface area contributed by atoms with Crippen LogP contribution in [0.5, 0.6) is 5.75 Å². The summed E-state index contributed by atoms with van der Waals surface area (Å²) in [7, 11) is 1.56. The van der Waals surface area contributed by atoms with Crippen molar-refractivity contribution in [2.24, 2.45) is 0 Å². The number of nitrogens with zero attached hydrogens (tertiary/aromatic N) is 4. The van der Waals surface area contributed by atoms with Gasteiger partial charge >= 0.3 is 12.2 Å². The fourth-order valence-electron chi connectivity index (χ4n) is 3.68. The summed E-state index contributed by atoms with van der Waals surface area (Å²) < 4.78 is 46.9. The van der Waals surface area contributed by atoms with E-state index in [9.17, 15) is 18.0 Å². The van der Waals surface area contributed by atoms with E-state index in [1.807, 2.05) is 0 Å². The number of imidazole rings is 1. The highest BCUT2D eigenvalue weighted by atomic mass is 19.4. The molecule has 2 amide bonds. The summed E-state index contributed by atoms with van der Waals surface area (Å²) in [4.78, 5) is 22.0. The van der Waals surface area contributed by atoms with E-state index in [0.717, 1.165) is 0 Å². The van der Waals surface area contributed by atoms with Crippen molar-refractivity contribution in [3.8, 4) is 5.75 Å². The lowest BCUT2D eigenvalue weighted by Crippen LogP contribution is -2.41. The molecule has 30 heavy (non-hydrogen) atoms. The SMILES string of the molecule is COc1ccc(NC(=O)N2CCC(n3c(C(F)(F)F)nc4cccnc43)CC2)cc1. The number of anilines is 1. The second kappa shape index (κ2) is 7.85. The lowest BCUT2D eigenvalue weighted by molar-refractivity contribution is -0.147. The molecule has 0 radical (unpaired) electrons. The smallest absolute Gasteiger partial charge is 0.449 e. The van der Waals surface area contributed by atoms with Gasteiger partial charge in [-0.15, -0.1) is 0 Å². The third kappa shape index (κ3) is 3.89. The molecule has 3 aromatic rings. The van der Waals surface area contributed by atoms with Gasteiger partial charge in [-0.3, -0.25) is 0 Å². The Labute approximate surface area is 170 Å². The Morgan fingerprint density at radius 3 is 2.50 bits per heavy atom. The maximum Gasteiger partial charge on any atom is 0.449 e. The van der Waals surface area contributed by atoms with Crippen molar-refractivity contribution in [1.29, 1.82) is 0 Å². The number of nitrogens with one attached hydrogen (secondary N) is 1. The van der Waals surface area contributed by atoms with Crippen molar-refractivity contribution < 1.29 is 22.7 Å². The molecule has 1 aliphatic heterocycles. The first-order valence-electron chi connectivity index (χ1n) is 9.47. The van der Waals surface area contributed by atoms with Crippen LogP contribution in [0.25, 0.3) is 11.2 Å². The number of benzene rings is 1. The average molecular weight is 419 g/mol. The zero-order valence-electron chi connectivity index (χ0n) is 16.2. The second-order valence-corrected chi connectivity index (χ2v) is 7.03. The normalized spacial score (nSPS) is 15.4. The van der Waals surface area contributed by atoms with Crippen LogP contribution in [0.3, 0.4) is 0 Å². The Morgan fingerprint density at radius 2 is 1.87 bits per heavy atom. The Kier molecular flexibility index (Phi) is 5.23. The maximum atomic E-state index is 13.5. The number of hydrogen-bond donors (Lipinski definition) is 1. The van der Waals surface area contributed by atoms with Crippen molar-refractivity contribution in [2.45, 2.75) is 25.1 Å². The molecule has 1 saturated heterocycles. The van der Waals surface area contributed by atoms with Crippen LogP contribution in [0.15, 0.2) is 42.6 Å². The summed E-state index contributed by atoms with van der Waals surface area (Å²) in [6.07, 6.45) is -2.37. The molecule has 0 spiro atoms. The monoisotopic (exact) mass is 419 g/mol. The predicted molar refractivity (Wildman–Crippen MR) is 104 cm³/mol. The summed E-state index contributed by atoms with van der Waals surface area (Å²) in [5.41, 5.74) is 1.04. The van der Waals surface area contributed by atoms with Crippen LogP contribution < -0.4 is 10.1 Å². The Bertz CT molecular complexity index is 1040. The fourth-order valence-corrected chi connectivity index (χ4v) is 3.68. The molecule has 4 rings (SSSR count). The maximum absolute atomic E-state index is 13.5. The van der Waals surface area contributed by atoms with E-state index >= 15 is 0 Å². The molecule has 1 aliphatic rings. The van der Waals surface area contributed by atoms with Gasteiger partial charge in [0.05, 0.1) is 7.11 Å². The van der Waals surface area contributed by atoms with Crippen LogP contribution >= 0.6 is 0 Å². The summed E-state index contributed by atoms with van der Waals surface area (Å²) in [5, 5.41) is 2.80. The van der Waals surface area contributed by atoms with Crippen molar-refractivity contribution in [3.05, 3.63) is 48.4 Å². The van der Waals surface area contributed by atoms with E-state index in [-0.39, 0.29) is 17.2 Å². The number of urea groups is 1. The highest BCUT2D eigenvalue weighted by Gasteiger charge is 2.40. The lowest BCUT2D eigenvalue weighted by atomic mass is 10.0. The molecule has 0 aliphatic carbocycles. The van der Waals surface area contributed by atoms with Crippen LogP contribution in [-0.2, 0) is 6.18 Å². The first-order chi connectivity index (χ1) is 14.4. The number of hydrogen-bond acceptors (Lipinski definition) is 4. The molecule has 0 atom stereocenters. The van der Waals surface area contributed by atoms with Crippen molar-refractivity contribution >= 4 is 22.9 Å². The fraction of sp³-hybridized carbons (Fsp3) is 0.350. The van der Waals surface area contributed by atoms with E-state index in [1.165, 1.54) is 16.8 Å². The minimum Gasteiger partial charge on any atom is -0.497 e. The number of likely N-dealkylation sites (tertiary alicyclic amines) is 1. The largest absolute Gasteiger partial charge is 0.497 e. The third-order valence-electron chi connectivity index (χ3n) is 5.16. The highest BCUT2D eigenvalue weighted by Crippen LogP contribution is 2.36. The molecule has 158 valence electrons. The lowest BCUT2D eigenvalue weighted by Gasteiger charge is -2.33. The van der Waals surface area contributed by atoms with Crippen molar-refractivity contribution in [2.75, 3.05) is 25.5 Å². The van der Waals surface area contributed by atoms with Gasteiger partial charge in [-0.25, -0.2) is 14.8 Å². The van der Waals surface area contributed by atoms with E-state index in [1.54, 1.807) is 42.3 Å². The predicted octanol–water partition coefficient (Wildman–Crippen LogP) is 4.33. The molecule has 1 fully saturated rings. The second-order valence-electron chi connectivity index (χ2n) is 7.03. The van der Waals surface area contributed by atoms with Gasteiger partial charge < -0.3 is 19.5 Å². The molecular formula is C20H20F3N5O2. The van der Waals surface area contributed by atoms with E-state index in [2.05, 4.69) is 15.3 Å². The van der Waals surface area contributed by atoms with Gasteiger partial charge in [0.25, 0.3) is 0 Å². The highest BCUT2D eigenvalue weighted by molar-refractivity contribution is 5.89. The van der Waals surface area contributed by atoms with Crippen LogP contribution in [0.1, 0.15) is 24.7 Å². The number of methoxy groups -OCH3 is 1. The topological polar surface area (TPSA) is 72.3 Å². The van der Waals surface area contributed by atoms with Crippen molar-refractivity contribution in [3.63, 3.8) is 0 Å². The van der Waals surface area contributed by atoms with Crippen LogP contribution in [0.4, 0.5) is 23.7 Å². The summed E-state index contributed by atoms with van der Waals surface area (Å²) in [6.45, 7) is 0.660. The molecule has 0 saturated carbocycles. The third-order valence-corrected chi connectivity index (χ3v) is 5.16. The first kappa shape index (κ1) is 20.0. The summed E-state index contributed by atoms with van der Waals surface area (Å²) in [5.74, 6) is -0.271. The molecule has 10 heteroatoms. The average Bonchev–Trinajstić information content (AvgIpc) is 3.14. The number of fused-ring (bicyclic) bond motifs is 1. The number of carbonyl (C=O) groups is 1. The molecule has 0 unspecified atom stereocenters.